The molecule has 108 valence electrons. The first kappa shape index (κ1) is 15.7. The van der Waals surface area contributed by atoms with Crippen molar-refractivity contribution in [3.05, 3.63) is 49.6 Å². The Hall–Kier alpha value is -0.690. The van der Waals surface area contributed by atoms with Crippen molar-refractivity contribution >= 4 is 38.9 Å². The van der Waals surface area contributed by atoms with Gasteiger partial charge in [0.2, 0.25) is 0 Å². The minimum atomic E-state index is -2.81. The summed E-state index contributed by atoms with van der Waals surface area (Å²) in [4.78, 5) is 1.03. The van der Waals surface area contributed by atoms with Crippen LogP contribution in [0.1, 0.15) is 16.5 Å². The summed E-state index contributed by atoms with van der Waals surface area (Å²) in [5.74, 6) is 0.143. The molecule has 0 spiro atoms. The molecule has 1 aromatic heterocycles. The number of ether oxygens (including phenoxy) is 1. The van der Waals surface area contributed by atoms with Gasteiger partial charge in [-0.05, 0) is 46.7 Å². The number of nitrogens with one attached hydrogen (secondary N) is 1. The summed E-state index contributed by atoms with van der Waals surface area (Å²) < 4.78 is 30.1. The Morgan fingerprint density at radius 1 is 1.30 bits per heavy atom. The van der Waals surface area contributed by atoms with E-state index in [1.807, 2.05) is 13.1 Å². The molecule has 0 fully saturated rings. The molecule has 0 saturated heterocycles. The molecule has 2 aromatic rings. The fraction of sp³-hybridized carbons (Fsp3) is 0.231. The zero-order valence-corrected chi connectivity index (χ0v) is 13.5. The molecule has 0 aliphatic heterocycles. The second-order valence-electron chi connectivity index (χ2n) is 3.94. The molecule has 0 saturated carbocycles. The number of hydrogen-bond donors (Lipinski definition) is 1. The third kappa shape index (κ3) is 3.69. The molecule has 20 heavy (non-hydrogen) atoms. The van der Waals surface area contributed by atoms with Gasteiger partial charge in [-0.2, -0.15) is 8.78 Å². The van der Waals surface area contributed by atoms with Crippen LogP contribution in [-0.2, 0) is 0 Å². The quantitative estimate of drug-likeness (QED) is 0.779. The van der Waals surface area contributed by atoms with Crippen molar-refractivity contribution in [1.82, 2.24) is 5.32 Å². The van der Waals surface area contributed by atoms with E-state index in [-0.39, 0.29) is 11.8 Å². The van der Waals surface area contributed by atoms with Gasteiger partial charge in [0, 0.05) is 9.35 Å². The van der Waals surface area contributed by atoms with Crippen LogP contribution >= 0.6 is 38.9 Å². The summed E-state index contributed by atoms with van der Waals surface area (Å²) in [7, 11) is 1.83. The Morgan fingerprint density at radius 3 is 2.40 bits per heavy atom. The van der Waals surface area contributed by atoms with Crippen molar-refractivity contribution in [2.45, 2.75) is 12.7 Å². The van der Waals surface area contributed by atoms with Crippen molar-refractivity contribution < 1.29 is 13.5 Å². The molecule has 0 aliphatic rings. The molecule has 1 aromatic carbocycles. The predicted molar refractivity (Wildman–Crippen MR) is 81.0 cm³/mol. The van der Waals surface area contributed by atoms with E-state index in [9.17, 15) is 8.78 Å². The number of rotatable bonds is 5. The maximum Gasteiger partial charge on any atom is 0.387 e. The van der Waals surface area contributed by atoms with Crippen LogP contribution in [0.15, 0.2) is 34.8 Å². The van der Waals surface area contributed by atoms with E-state index < -0.39 is 6.61 Å². The van der Waals surface area contributed by atoms with Gasteiger partial charge in [0.15, 0.2) is 0 Å². The van der Waals surface area contributed by atoms with E-state index >= 15 is 0 Å². The van der Waals surface area contributed by atoms with Crippen molar-refractivity contribution in [1.29, 1.82) is 0 Å². The molecule has 1 atom stereocenters. The average Bonchev–Trinajstić information content (AvgIpc) is 2.72. The summed E-state index contributed by atoms with van der Waals surface area (Å²) >= 11 is 10.9. The lowest BCUT2D eigenvalue weighted by Crippen LogP contribution is -2.16. The van der Waals surface area contributed by atoms with Crippen molar-refractivity contribution in [2.75, 3.05) is 7.05 Å². The normalized spacial score (nSPS) is 12.7. The largest absolute Gasteiger partial charge is 0.435 e. The van der Waals surface area contributed by atoms with Gasteiger partial charge >= 0.3 is 6.61 Å². The Balaban J connectivity index is 2.23. The van der Waals surface area contributed by atoms with Gasteiger partial charge in [0.1, 0.15) is 10.1 Å². The van der Waals surface area contributed by atoms with Crippen LogP contribution in [-0.4, -0.2) is 13.7 Å². The van der Waals surface area contributed by atoms with E-state index in [4.69, 9.17) is 11.6 Å². The molecule has 0 aliphatic carbocycles. The van der Waals surface area contributed by atoms with Gasteiger partial charge < -0.3 is 10.1 Å². The Bertz CT molecular complexity index is 557. The molecule has 0 amide bonds. The molecule has 0 bridgehead atoms. The average molecular weight is 383 g/mol. The first-order valence-corrected chi connectivity index (χ1v) is 7.66. The van der Waals surface area contributed by atoms with Crippen molar-refractivity contribution in [2.24, 2.45) is 0 Å². The highest BCUT2D eigenvalue weighted by Gasteiger charge is 2.16. The third-order valence-electron chi connectivity index (χ3n) is 2.68. The van der Waals surface area contributed by atoms with E-state index in [2.05, 4.69) is 26.0 Å². The number of halogens is 4. The third-order valence-corrected chi connectivity index (χ3v) is 5.22. The Kier molecular flexibility index (Phi) is 5.37. The van der Waals surface area contributed by atoms with Crippen LogP contribution in [0, 0.1) is 0 Å². The molecule has 1 heterocycles. The molecule has 0 radical (unpaired) electrons. The molecular formula is C13H11BrClF2NOS. The Morgan fingerprint density at radius 2 is 1.95 bits per heavy atom. The van der Waals surface area contributed by atoms with Crippen LogP contribution in [0.25, 0.3) is 0 Å². The van der Waals surface area contributed by atoms with Crippen molar-refractivity contribution in [3.8, 4) is 5.75 Å². The van der Waals surface area contributed by atoms with Gasteiger partial charge in [-0.15, -0.1) is 11.3 Å². The second kappa shape index (κ2) is 6.85. The van der Waals surface area contributed by atoms with Crippen LogP contribution in [0.4, 0.5) is 8.78 Å². The first-order valence-electron chi connectivity index (χ1n) is 5.68. The highest BCUT2D eigenvalue weighted by molar-refractivity contribution is 9.10. The van der Waals surface area contributed by atoms with Crippen LogP contribution in [0.2, 0.25) is 4.34 Å². The highest BCUT2D eigenvalue weighted by Crippen LogP contribution is 2.37. The first-order chi connectivity index (χ1) is 9.51. The Labute approximate surface area is 132 Å². The zero-order valence-electron chi connectivity index (χ0n) is 10.4. The molecular weight excluding hydrogens is 372 g/mol. The lowest BCUT2D eigenvalue weighted by atomic mass is 10.1. The molecule has 1 N–H and O–H groups in total. The topological polar surface area (TPSA) is 21.3 Å². The summed E-state index contributed by atoms with van der Waals surface area (Å²) in [5.41, 5.74) is 0.944. The van der Waals surface area contributed by atoms with Crippen LogP contribution in [0.3, 0.4) is 0 Å². The maximum atomic E-state index is 12.1. The molecule has 7 heteroatoms. The summed E-state index contributed by atoms with van der Waals surface area (Å²) in [6.45, 7) is -2.81. The smallest absolute Gasteiger partial charge is 0.387 e. The molecule has 2 nitrogen and oxygen atoms in total. The fourth-order valence-electron chi connectivity index (χ4n) is 1.82. The lowest BCUT2D eigenvalue weighted by molar-refractivity contribution is -0.0498. The molecule has 2 rings (SSSR count). The highest BCUT2D eigenvalue weighted by atomic mass is 79.9. The SMILES string of the molecule is CNC(c1ccc(OC(F)F)cc1)c1cc(Br)c(Cl)s1. The standard InChI is InChI=1S/C13H11BrClF2NOS/c1-18-11(10-6-9(14)12(15)20-10)7-2-4-8(5-3-7)19-13(16)17/h2-6,11,13,18H,1H3. The van der Waals surface area contributed by atoms with E-state index in [1.54, 1.807) is 12.1 Å². The fourth-order valence-corrected chi connectivity index (χ4v) is 3.70. The summed E-state index contributed by atoms with van der Waals surface area (Å²) in [6, 6.07) is 8.44. The second-order valence-corrected chi connectivity index (χ2v) is 6.48. The van der Waals surface area contributed by atoms with E-state index in [0.717, 1.165) is 14.9 Å². The van der Waals surface area contributed by atoms with E-state index in [0.29, 0.717) is 4.34 Å². The van der Waals surface area contributed by atoms with Gasteiger partial charge in [0.05, 0.1) is 6.04 Å². The molecule has 1 unspecified atom stereocenters. The van der Waals surface area contributed by atoms with Gasteiger partial charge in [-0.3, -0.25) is 0 Å². The van der Waals surface area contributed by atoms with Crippen LogP contribution in [0.5, 0.6) is 5.75 Å². The lowest BCUT2D eigenvalue weighted by Gasteiger charge is -2.15. The number of benzene rings is 1. The van der Waals surface area contributed by atoms with E-state index in [1.165, 1.54) is 23.5 Å². The minimum Gasteiger partial charge on any atom is -0.435 e. The maximum absolute atomic E-state index is 12.1. The van der Waals surface area contributed by atoms with Crippen LogP contribution < -0.4 is 10.1 Å². The summed E-state index contributed by atoms with van der Waals surface area (Å²) in [6.07, 6.45) is 0. The number of hydrogen-bond acceptors (Lipinski definition) is 3. The monoisotopic (exact) mass is 381 g/mol. The van der Waals surface area contributed by atoms with Crippen molar-refractivity contribution in [3.63, 3.8) is 0 Å². The number of thiophene rings is 1. The van der Waals surface area contributed by atoms with Gasteiger partial charge in [-0.25, -0.2) is 0 Å². The summed E-state index contributed by atoms with van der Waals surface area (Å²) in [5, 5.41) is 3.18. The zero-order chi connectivity index (χ0) is 14.7. The minimum absolute atomic E-state index is 0.0515. The number of alkyl halides is 2. The van der Waals surface area contributed by atoms with Gasteiger partial charge in [0.25, 0.3) is 0 Å². The predicted octanol–water partition coefficient (Wildman–Crippen LogP) is 5.07. The van der Waals surface area contributed by atoms with Gasteiger partial charge in [-0.1, -0.05) is 23.7 Å².